The van der Waals surface area contributed by atoms with E-state index in [1.54, 1.807) is 29.2 Å². The predicted molar refractivity (Wildman–Crippen MR) is 95.0 cm³/mol. The lowest BCUT2D eigenvalue weighted by atomic mass is 9.98. The normalized spacial score (nSPS) is 15.6. The van der Waals surface area contributed by atoms with Gasteiger partial charge in [0.2, 0.25) is 5.91 Å². The highest BCUT2D eigenvalue weighted by molar-refractivity contribution is 6.00. The summed E-state index contributed by atoms with van der Waals surface area (Å²) in [6, 6.07) is 7.06. The van der Waals surface area contributed by atoms with Crippen LogP contribution in [0.3, 0.4) is 0 Å². The summed E-state index contributed by atoms with van der Waals surface area (Å²) < 4.78 is 0. The quantitative estimate of drug-likeness (QED) is 0.866. The van der Waals surface area contributed by atoms with Crippen LogP contribution in [0, 0.1) is 0 Å². The SMILES string of the molecule is CCN(CC)C(=O)c1cccc(NC(=O)C2(N)CCCC2)c1.Cl. The number of benzene rings is 1. The zero-order chi connectivity index (χ0) is 16.2. The fourth-order valence-electron chi connectivity index (χ4n) is 2.91. The van der Waals surface area contributed by atoms with Crippen LogP contribution in [-0.4, -0.2) is 35.3 Å². The van der Waals surface area contributed by atoms with Crippen LogP contribution in [0.1, 0.15) is 49.9 Å². The summed E-state index contributed by atoms with van der Waals surface area (Å²) in [4.78, 5) is 26.4. The predicted octanol–water partition coefficient (Wildman–Crippen LogP) is 2.80. The van der Waals surface area contributed by atoms with Crippen LogP contribution in [0.2, 0.25) is 0 Å². The molecule has 2 rings (SSSR count). The van der Waals surface area contributed by atoms with Crippen molar-refractivity contribution in [2.75, 3.05) is 18.4 Å². The fourth-order valence-corrected chi connectivity index (χ4v) is 2.91. The summed E-state index contributed by atoms with van der Waals surface area (Å²) in [6.45, 7) is 5.23. The van der Waals surface area contributed by atoms with Gasteiger partial charge in [0.15, 0.2) is 0 Å². The summed E-state index contributed by atoms with van der Waals surface area (Å²) in [6.07, 6.45) is 3.42. The highest BCUT2D eigenvalue weighted by Crippen LogP contribution is 2.28. The van der Waals surface area contributed by atoms with E-state index in [2.05, 4.69) is 5.32 Å². The topological polar surface area (TPSA) is 75.4 Å². The first-order valence-electron chi connectivity index (χ1n) is 8.00. The smallest absolute Gasteiger partial charge is 0.253 e. The number of carbonyl (C=O) groups is 2. The van der Waals surface area contributed by atoms with Gasteiger partial charge in [-0.25, -0.2) is 0 Å². The molecule has 5 nitrogen and oxygen atoms in total. The molecule has 128 valence electrons. The number of nitrogens with one attached hydrogen (secondary N) is 1. The summed E-state index contributed by atoms with van der Waals surface area (Å²) >= 11 is 0. The molecule has 1 fully saturated rings. The third kappa shape index (κ3) is 4.45. The van der Waals surface area contributed by atoms with Gasteiger partial charge >= 0.3 is 0 Å². The number of carbonyl (C=O) groups excluding carboxylic acids is 2. The summed E-state index contributed by atoms with van der Waals surface area (Å²) in [5.41, 5.74) is 6.59. The van der Waals surface area contributed by atoms with Gasteiger partial charge in [0.1, 0.15) is 0 Å². The summed E-state index contributed by atoms with van der Waals surface area (Å²) in [5, 5.41) is 2.86. The molecule has 1 aliphatic rings. The Kier molecular flexibility index (Phi) is 7.03. The van der Waals surface area contributed by atoms with Gasteiger partial charge in [0.25, 0.3) is 5.91 Å². The molecule has 0 aromatic heterocycles. The lowest BCUT2D eigenvalue weighted by Crippen LogP contribution is -2.48. The maximum Gasteiger partial charge on any atom is 0.253 e. The molecule has 0 aliphatic heterocycles. The number of hydrogen-bond acceptors (Lipinski definition) is 3. The van der Waals surface area contributed by atoms with Crippen molar-refractivity contribution in [2.24, 2.45) is 5.73 Å². The average Bonchev–Trinajstić information content (AvgIpc) is 2.97. The standard InChI is InChI=1S/C17H25N3O2.ClH/c1-3-20(4-2)15(21)13-8-7-9-14(12-13)19-16(22)17(18)10-5-6-11-17;/h7-9,12H,3-6,10-11,18H2,1-2H3,(H,19,22);1H. The molecule has 2 amide bonds. The largest absolute Gasteiger partial charge is 0.339 e. The van der Waals surface area contributed by atoms with Gasteiger partial charge in [-0.15, -0.1) is 12.4 Å². The van der Waals surface area contributed by atoms with Crippen molar-refractivity contribution < 1.29 is 9.59 Å². The van der Waals surface area contributed by atoms with Gasteiger partial charge < -0.3 is 16.0 Å². The minimum atomic E-state index is -0.765. The van der Waals surface area contributed by atoms with Crippen LogP contribution < -0.4 is 11.1 Å². The number of rotatable bonds is 5. The number of nitrogens with zero attached hydrogens (tertiary/aromatic N) is 1. The minimum Gasteiger partial charge on any atom is -0.339 e. The first kappa shape index (κ1) is 19.5. The van der Waals surface area contributed by atoms with E-state index < -0.39 is 5.54 Å². The van der Waals surface area contributed by atoms with Crippen LogP contribution in [0.25, 0.3) is 0 Å². The highest BCUT2D eigenvalue weighted by atomic mass is 35.5. The zero-order valence-corrected chi connectivity index (χ0v) is 14.6. The molecule has 1 aromatic rings. The Morgan fingerprint density at radius 3 is 2.39 bits per heavy atom. The average molecular weight is 340 g/mol. The first-order chi connectivity index (χ1) is 10.5. The Labute approximate surface area is 144 Å². The van der Waals surface area contributed by atoms with Gasteiger partial charge in [-0.3, -0.25) is 9.59 Å². The van der Waals surface area contributed by atoms with Crippen molar-refractivity contribution in [3.63, 3.8) is 0 Å². The van der Waals surface area contributed by atoms with Crippen molar-refractivity contribution in [1.82, 2.24) is 4.90 Å². The third-order valence-corrected chi connectivity index (χ3v) is 4.37. The molecule has 1 saturated carbocycles. The van der Waals surface area contributed by atoms with E-state index in [9.17, 15) is 9.59 Å². The molecule has 1 aliphatic carbocycles. The second-order valence-electron chi connectivity index (χ2n) is 5.88. The second kappa shape index (κ2) is 8.31. The second-order valence-corrected chi connectivity index (χ2v) is 5.88. The van der Waals surface area contributed by atoms with E-state index in [-0.39, 0.29) is 24.2 Å². The molecule has 0 heterocycles. The molecule has 3 N–H and O–H groups in total. The number of halogens is 1. The Hall–Kier alpha value is -1.59. The van der Waals surface area contributed by atoms with Crippen molar-refractivity contribution in [2.45, 2.75) is 45.1 Å². The van der Waals surface area contributed by atoms with Crippen LogP contribution in [0.5, 0.6) is 0 Å². The van der Waals surface area contributed by atoms with E-state index in [0.717, 1.165) is 25.7 Å². The fraction of sp³-hybridized carbons (Fsp3) is 0.529. The Morgan fingerprint density at radius 2 is 1.83 bits per heavy atom. The maximum absolute atomic E-state index is 12.4. The monoisotopic (exact) mass is 339 g/mol. The van der Waals surface area contributed by atoms with Gasteiger partial charge in [-0.1, -0.05) is 18.9 Å². The molecule has 0 spiro atoms. The van der Waals surface area contributed by atoms with E-state index in [1.807, 2.05) is 13.8 Å². The molecular formula is C17H26ClN3O2. The van der Waals surface area contributed by atoms with Crippen LogP contribution in [0.15, 0.2) is 24.3 Å². The van der Waals surface area contributed by atoms with Gasteiger partial charge in [-0.2, -0.15) is 0 Å². The third-order valence-electron chi connectivity index (χ3n) is 4.37. The van der Waals surface area contributed by atoms with E-state index in [0.29, 0.717) is 24.3 Å². The molecule has 0 atom stereocenters. The lowest BCUT2D eigenvalue weighted by Gasteiger charge is -2.23. The van der Waals surface area contributed by atoms with Crippen LogP contribution in [-0.2, 0) is 4.79 Å². The van der Waals surface area contributed by atoms with Gasteiger partial charge in [-0.05, 0) is 44.9 Å². The number of nitrogens with two attached hydrogens (primary N) is 1. The lowest BCUT2D eigenvalue weighted by molar-refractivity contribution is -0.121. The molecule has 23 heavy (non-hydrogen) atoms. The summed E-state index contributed by atoms with van der Waals surface area (Å²) in [5.74, 6) is -0.179. The zero-order valence-electron chi connectivity index (χ0n) is 13.8. The minimum absolute atomic E-state index is 0. The Balaban J connectivity index is 0.00000264. The highest BCUT2D eigenvalue weighted by Gasteiger charge is 2.37. The van der Waals surface area contributed by atoms with Gasteiger partial charge in [0.05, 0.1) is 5.54 Å². The van der Waals surface area contributed by atoms with E-state index >= 15 is 0 Å². The first-order valence-corrected chi connectivity index (χ1v) is 8.00. The Morgan fingerprint density at radius 1 is 1.22 bits per heavy atom. The van der Waals surface area contributed by atoms with Gasteiger partial charge in [0, 0.05) is 24.3 Å². The van der Waals surface area contributed by atoms with Crippen molar-refractivity contribution >= 4 is 29.9 Å². The molecule has 0 saturated heterocycles. The van der Waals surface area contributed by atoms with E-state index in [4.69, 9.17) is 5.73 Å². The number of amides is 2. The molecular weight excluding hydrogens is 314 g/mol. The van der Waals surface area contributed by atoms with Crippen molar-refractivity contribution in [3.05, 3.63) is 29.8 Å². The molecule has 1 aromatic carbocycles. The molecule has 0 bridgehead atoms. The van der Waals surface area contributed by atoms with Crippen LogP contribution >= 0.6 is 12.4 Å². The number of anilines is 1. The molecule has 6 heteroatoms. The van der Waals surface area contributed by atoms with Crippen LogP contribution in [0.4, 0.5) is 5.69 Å². The van der Waals surface area contributed by atoms with Crippen molar-refractivity contribution in [3.8, 4) is 0 Å². The molecule has 0 unspecified atom stereocenters. The summed E-state index contributed by atoms with van der Waals surface area (Å²) in [7, 11) is 0. The Bertz CT molecular complexity index is 553. The number of hydrogen-bond donors (Lipinski definition) is 2. The maximum atomic E-state index is 12.4. The van der Waals surface area contributed by atoms with E-state index in [1.165, 1.54) is 0 Å². The molecule has 0 radical (unpaired) electrons. The van der Waals surface area contributed by atoms with Crippen molar-refractivity contribution in [1.29, 1.82) is 0 Å².